The highest BCUT2D eigenvalue weighted by atomic mass is 35.5. The van der Waals surface area contributed by atoms with Gasteiger partial charge in [-0.1, -0.05) is 30.3 Å². The summed E-state index contributed by atoms with van der Waals surface area (Å²) < 4.78 is 5.55. The predicted octanol–water partition coefficient (Wildman–Crippen LogP) is 4.54. The van der Waals surface area contributed by atoms with Crippen LogP contribution in [0.1, 0.15) is 35.8 Å². The van der Waals surface area contributed by atoms with Gasteiger partial charge in [-0.3, -0.25) is 9.69 Å². The van der Waals surface area contributed by atoms with Gasteiger partial charge in [-0.15, -0.1) is 0 Å². The minimum Gasteiger partial charge on any atom is -0.441 e. The van der Waals surface area contributed by atoms with Gasteiger partial charge in [0.15, 0.2) is 0 Å². The molecule has 0 radical (unpaired) electrons. The van der Waals surface area contributed by atoms with Gasteiger partial charge in [0.2, 0.25) is 0 Å². The fourth-order valence-electron chi connectivity index (χ4n) is 2.94. The van der Waals surface area contributed by atoms with Gasteiger partial charge >= 0.3 is 6.09 Å². The molecule has 1 saturated heterocycles. The Morgan fingerprint density at radius 3 is 2.26 bits per heavy atom. The maximum absolute atomic E-state index is 12.4. The first-order valence-corrected chi connectivity index (χ1v) is 7.65. The first-order valence-electron chi connectivity index (χ1n) is 7.27. The number of halogens is 1. The molecule has 4 nitrogen and oxygen atoms in total. The van der Waals surface area contributed by atoms with E-state index < -0.39 is 16.9 Å². The molecule has 0 spiro atoms. The second kappa shape index (κ2) is 5.70. The number of amides is 1. The first-order chi connectivity index (χ1) is 10.9. The minimum atomic E-state index is -0.667. The molecule has 0 bridgehead atoms. The van der Waals surface area contributed by atoms with Crippen molar-refractivity contribution in [2.75, 3.05) is 4.90 Å². The quantitative estimate of drug-likeness (QED) is 0.776. The molecule has 5 heteroatoms. The number of hydrogen-bond acceptors (Lipinski definition) is 3. The van der Waals surface area contributed by atoms with E-state index in [0.29, 0.717) is 11.3 Å². The molecular weight excluding hydrogens is 314 g/mol. The Morgan fingerprint density at radius 1 is 1.09 bits per heavy atom. The molecule has 23 heavy (non-hydrogen) atoms. The summed E-state index contributed by atoms with van der Waals surface area (Å²) in [6.45, 7) is 3.78. The van der Waals surface area contributed by atoms with Gasteiger partial charge in [0.1, 0.15) is 11.6 Å². The van der Waals surface area contributed by atoms with Gasteiger partial charge in [-0.2, -0.15) is 0 Å². The fraction of sp³-hybridized carbons (Fsp3) is 0.222. The second-order valence-corrected chi connectivity index (χ2v) is 6.32. The average Bonchev–Trinajstić information content (AvgIpc) is 2.77. The number of nitrogens with zero attached hydrogens (tertiary/aromatic N) is 1. The standard InChI is InChI=1S/C18H16ClNO3/c1-18(2)15(12-6-4-3-5-7-12)20(17(22)23-18)14-10-8-13(9-11-14)16(19)21/h3-11,15H,1-2H3. The highest BCUT2D eigenvalue weighted by Crippen LogP contribution is 2.43. The normalized spacial score (nSPS) is 19.5. The summed E-state index contributed by atoms with van der Waals surface area (Å²) in [6.07, 6.45) is -0.409. The Balaban J connectivity index is 2.04. The Hall–Kier alpha value is -2.33. The monoisotopic (exact) mass is 329 g/mol. The summed E-state index contributed by atoms with van der Waals surface area (Å²) in [5.74, 6) is 0. The number of carbonyl (C=O) groups excluding carboxylic acids is 2. The molecule has 0 saturated carbocycles. The first kappa shape index (κ1) is 15.6. The Morgan fingerprint density at radius 2 is 1.70 bits per heavy atom. The van der Waals surface area contributed by atoms with E-state index in [1.165, 1.54) is 0 Å². The fourth-order valence-corrected chi connectivity index (χ4v) is 3.07. The topological polar surface area (TPSA) is 46.6 Å². The highest BCUT2D eigenvalue weighted by molar-refractivity contribution is 6.67. The van der Waals surface area contributed by atoms with Gasteiger partial charge in [-0.05, 0) is 55.3 Å². The predicted molar refractivity (Wildman–Crippen MR) is 88.8 cm³/mol. The van der Waals surface area contributed by atoms with E-state index in [0.717, 1.165) is 5.56 Å². The van der Waals surface area contributed by atoms with Crippen molar-refractivity contribution in [3.8, 4) is 0 Å². The van der Waals surface area contributed by atoms with Crippen molar-refractivity contribution in [1.29, 1.82) is 0 Å². The number of benzene rings is 2. The van der Waals surface area contributed by atoms with Crippen LogP contribution in [0.3, 0.4) is 0 Å². The van der Waals surface area contributed by atoms with Crippen LogP contribution in [0.2, 0.25) is 0 Å². The van der Waals surface area contributed by atoms with Crippen LogP contribution in [0.25, 0.3) is 0 Å². The summed E-state index contributed by atoms with van der Waals surface area (Å²) in [7, 11) is 0. The van der Waals surface area contributed by atoms with Crippen molar-refractivity contribution in [2.45, 2.75) is 25.5 Å². The van der Waals surface area contributed by atoms with E-state index >= 15 is 0 Å². The smallest absolute Gasteiger partial charge is 0.415 e. The molecule has 2 aromatic rings. The Bertz CT molecular complexity index is 741. The van der Waals surface area contributed by atoms with Crippen LogP contribution in [-0.2, 0) is 4.74 Å². The zero-order valence-corrected chi connectivity index (χ0v) is 13.6. The molecule has 0 aliphatic carbocycles. The molecule has 1 aliphatic heterocycles. The number of rotatable bonds is 3. The molecular formula is C18H16ClNO3. The zero-order valence-electron chi connectivity index (χ0n) is 12.8. The lowest BCUT2D eigenvalue weighted by Crippen LogP contribution is -2.33. The SMILES string of the molecule is CC1(C)OC(=O)N(c2ccc(C(=O)Cl)cc2)C1c1ccccc1. The lowest BCUT2D eigenvalue weighted by molar-refractivity contribution is 0.0685. The molecule has 1 heterocycles. The van der Waals surface area contributed by atoms with Crippen LogP contribution in [0, 0.1) is 0 Å². The molecule has 1 amide bonds. The molecule has 118 valence electrons. The van der Waals surface area contributed by atoms with Gasteiger partial charge in [-0.25, -0.2) is 4.79 Å². The summed E-state index contributed by atoms with van der Waals surface area (Å²) in [5.41, 5.74) is 1.37. The van der Waals surface area contributed by atoms with Crippen LogP contribution < -0.4 is 4.90 Å². The molecule has 1 atom stereocenters. The van der Waals surface area contributed by atoms with Crippen molar-refractivity contribution in [1.82, 2.24) is 0 Å². The van der Waals surface area contributed by atoms with Crippen LogP contribution in [0.4, 0.5) is 10.5 Å². The van der Waals surface area contributed by atoms with Gasteiger partial charge in [0, 0.05) is 11.3 Å². The summed E-state index contributed by atoms with van der Waals surface area (Å²) in [6, 6.07) is 16.1. The Kier molecular flexibility index (Phi) is 3.86. The van der Waals surface area contributed by atoms with Crippen molar-refractivity contribution < 1.29 is 14.3 Å². The number of hydrogen-bond donors (Lipinski definition) is 0. The van der Waals surface area contributed by atoms with Crippen LogP contribution >= 0.6 is 11.6 Å². The maximum atomic E-state index is 12.4. The summed E-state index contributed by atoms with van der Waals surface area (Å²) in [5, 5.41) is -0.527. The van der Waals surface area contributed by atoms with E-state index in [2.05, 4.69) is 0 Å². The number of cyclic esters (lactones) is 1. The molecule has 0 N–H and O–H groups in total. The highest BCUT2D eigenvalue weighted by Gasteiger charge is 2.49. The van der Waals surface area contributed by atoms with Crippen LogP contribution in [-0.4, -0.2) is 16.9 Å². The third-order valence-electron chi connectivity index (χ3n) is 3.95. The zero-order chi connectivity index (χ0) is 16.6. The van der Waals surface area contributed by atoms with E-state index in [-0.39, 0.29) is 6.04 Å². The second-order valence-electron chi connectivity index (χ2n) is 5.98. The van der Waals surface area contributed by atoms with Crippen LogP contribution in [0.15, 0.2) is 54.6 Å². The van der Waals surface area contributed by atoms with Crippen LogP contribution in [0.5, 0.6) is 0 Å². The van der Waals surface area contributed by atoms with E-state index in [1.807, 2.05) is 44.2 Å². The van der Waals surface area contributed by atoms with Crippen molar-refractivity contribution in [2.24, 2.45) is 0 Å². The Labute approximate surface area is 139 Å². The van der Waals surface area contributed by atoms with Crippen molar-refractivity contribution in [3.63, 3.8) is 0 Å². The summed E-state index contributed by atoms with van der Waals surface area (Å²) >= 11 is 5.47. The number of ether oxygens (including phenoxy) is 1. The number of carbonyl (C=O) groups is 2. The molecule has 1 unspecified atom stereocenters. The lowest BCUT2D eigenvalue weighted by atomic mass is 9.91. The minimum absolute atomic E-state index is 0.256. The third-order valence-corrected chi connectivity index (χ3v) is 4.17. The lowest BCUT2D eigenvalue weighted by Gasteiger charge is -2.29. The largest absolute Gasteiger partial charge is 0.441 e. The van der Waals surface area contributed by atoms with Gasteiger partial charge in [0.05, 0.1) is 0 Å². The third kappa shape index (κ3) is 2.82. The van der Waals surface area contributed by atoms with Crippen molar-refractivity contribution >= 4 is 28.6 Å². The molecule has 2 aromatic carbocycles. The molecule has 3 rings (SSSR count). The van der Waals surface area contributed by atoms with Gasteiger partial charge in [0.25, 0.3) is 5.24 Å². The summed E-state index contributed by atoms with van der Waals surface area (Å²) in [4.78, 5) is 25.2. The van der Waals surface area contributed by atoms with E-state index in [9.17, 15) is 9.59 Å². The molecule has 0 aromatic heterocycles. The van der Waals surface area contributed by atoms with E-state index in [1.54, 1.807) is 29.2 Å². The van der Waals surface area contributed by atoms with E-state index in [4.69, 9.17) is 16.3 Å². The molecule has 1 aliphatic rings. The number of anilines is 1. The maximum Gasteiger partial charge on any atom is 0.415 e. The molecule has 1 fully saturated rings. The average molecular weight is 330 g/mol. The van der Waals surface area contributed by atoms with Gasteiger partial charge < -0.3 is 4.74 Å². The van der Waals surface area contributed by atoms with Crippen molar-refractivity contribution in [3.05, 3.63) is 65.7 Å².